The molecule has 1 atom stereocenters. The van der Waals surface area contributed by atoms with Crippen molar-refractivity contribution in [1.29, 1.82) is 0 Å². The van der Waals surface area contributed by atoms with E-state index in [9.17, 15) is 0 Å². The van der Waals surface area contributed by atoms with Gasteiger partial charge in [0.1, 0.15) is 0 Å². The third kappa shape index (κ3) is 9.72. The number of halogens is 1. The third-order valence-corrected chi connectivity index (χ3v) is 4.30. The fourth-order valence-electron chi connectivity index (χ4n) is 2.76. The molecule has 0 radical (unpaired) electrons. The molecule has 0 aromatic heterocycles. The number of ether oxygens (including phenoxy) is 1. The van der Waals surface area contributed by atoms with Crippen LogP contribution in [0.4, 0.5) is 0 Å². The number of nitrogens with zero attached hydrogens (tertiary/aromatic N) is 2. The molecule has 0 amide bonds. The minimum Gasteiger partial charge on any atom is -0.373 e. The predicted octanol–water partition coefficient (Wildman–Crippen LogP) is 2.85. The van der Waals surface area contributed by atoms with E-state index in [-0.39, 0.29) is 29.6 Å². The van der Waals surface area contributed by atoms with E-state index in [1.54, 1.807) is 0 Å². The topological polar surface area (TPSA) is 48.9 Å². The number of nitrogens with one attached hydrogen (secondary N) is 2. The zero-order valence-electron chi connectivity index (χ0n) is 15.5. The van der Waals surface area contributed by atoms with Gasteiger partial charge in [-0.15, -0.1) is 24.0 Å². The van der Waals surface area contributed by atoms with Gasteiger partial charge in [-0.2, -0.15) is 0 Å². The highest BCUT2D eigenvalue weighted by atomic mass is 127. The van der Waals surface area contributed by atoms with Crippen molar-refractivity contribution in [2.45, 2.75) is 59.0 Å². The minimum absolute atomic E-state index is 0. The summed E-state index contributed by atoms with van der Waals surface area (Å²) in [5, 5.41) is 6.76. The number of rotatable bonds is 10. The van der Waals surface area contributed by atoms with E-state index < -0.39 is 0 Å². The van der Waals surface area contributed by atoms with E-state index >= 15 is 0 Å². The summed E-state index contributed by atoms with van der Waals surface area (Å²) in [4.78, 5) is 7.16. The molecular weight excluding hydrogens is 403 g/mol. The molecule has 1 heterocycles. The lowest BCUT2D eigenvalue weighted by Crippen LogP contribution is -2.39. The second kappa shape index (κ2) is 13.2. The second-order valence-electron chi connectivity index (χ2n) is 6.26. The molecule has 0 aromatic rings. The van der Waals surface area contributed by atoms with Crippen LogP contribution in [0.15, 0.2) is 4.99 Å². The second-order valence-corrected chi connectivity index (χ2v) is 6.26. The lowest BCUT2D eigenvalue weighted by Gasteiger charge is -2.21. The van der Waals surface area contributed by atoms with Crippen LogP contribution in [-0.4, -0.2) is 62.3 Å². The molecule has 1 rings (SSSR count). The van der Waals surface area contributed by atoms with E-state index in [1.165, 1.54) is 19.4 Å². The largest absolute Gasteiger partial charge is 0.373 e. The van der Waals surface area contributed by atoms with Crippen LogP contribution in [0, 0.1) is 0 Å². The van der Waals surface area contributed by atoms with Crippen LogP contribution in [0.3, 0.4) is 0 Å². The summed E-state index contributed by atoms with van der Waals surface area (Å²) >= 11 is 0. The van der Waals surface area contributed by atoms with Crippen molar-refractivity contribution in [2.24, 2.45) is 4.99 Å². The first-order valence-corrected chi connectivity index (χ1v) is 9.02. The highest BCUT2D eigenvalue weighted by molar-refractivity contribution is 14.0. The molecule has 0 bridgehead atoms. The Morgan fingerprint density at radius 3 is 2.48 bits per heavy atom. The fraction of sp³-hybridized carbons (Fsp3) is 0.941. The number of hydrogen-bond donors (Lipinski definition) is 2. The first-order valence-electron chi connectivity index (χ1n) is 9.02. The first kappa shape index (κ1) is 22.9. The van der Waals surface area contributed by atoms with Gasteiger partial charge in [0, 0.05) is 19.7 Å². The summed E-state index contributed by atoms with van der Waals surface area (Å²) in [5.41, 5.74) is -0.0644. The number of hydrogen-bond acceptors (Lipinski definition) is 3. The van der Waals surface area contributed by atoms with Crippen molar-refractivity contribution in [2.75, 3.05) is 45.9 Å². The van der Waals surface area contributed by atoms with Gasteiger partial charge in [-0.05, 0) is 59.2 Å². The molecule has 138 valence electrons. The van der Waals surface area contributed by atoms with E-state index in [0.717, 1.165) is 58.1 Å². The Balaban J connectivity index is 0.00000484. The molecule has 6 heteroatoms. The van der Waals surface area contributed by atoms with E-state index in [0.29, 0.717) is 0 Å². The Kier molecular flexibility index (Phi) is 13.2. The first-order chi connectivity index (χ1) is 10.6. The van der Waals surface area contributed by atoms with Crippen molar-refractivity contribution >= 4 is 29.9 Å². The van der Waals surface area contributed by atoms with Gasteiger partial charge in [0.05, 0.1) is 12.1 Å². The standard InChI is InChI=1S/C17H36N4O.HI/c1-5-18-16(20-15-17(4)11-10-14-22-17)19-12-8-9-13-21(6-2)7-3;/h5-15H2,1-4H3,(H2,18,19,20);1H. The van der Waals surface area contributed by atoms with Gasteiger partial charge in [0.2, 0.25) is 0 Å². The summed E-state index contributed by atoms with van der Waals surface area (Å²) in [5.74, 6) is 0.919. The number of guanidine groups is 1. The summed E-state index contributed by atoms with van der Waals surface area (Å²) in [6.07, 6.45) is 4.67. The average Bonchev–Trinajstić information content (AvgIpc) is 2.95. The van der Waals surface area contributed by atoms with Gasteiger partial charge in [-0.25, -0.2) is 0 Å². The van der Waals surface area contributed by atoms with Gasteiger partial charge < -0.3 is 20.3 Å². The average molecular weight is 440 g/mol. The molecule has 1 aliphatic heterocycles. The van der Waals surface area contributed by atoms with Gasteiger partial charge in [-0.1, -0.05) is 13.8 Å². The van der Waals surface area contributed by atoms with Crippen molar-refractivity contribution < 1.29 is 4.74 Å². The maximum atomic E-state index is 5.79. The molecule has 1 fully saturated rings. The van der Waals surface area contributed by atoms with E-state index in [1.807, 2.05) is 0 Å². The van der Waals surface area contributed by atoms with Crippen LogP contribution >= 0.6 is 24.0 Å². The maximum absolute atomic E-state index is 5.79. The summed E-state index contributed by atoms with van der Waals surface area (Å²) in [6.45, 7) is 15.7. The monoisotopic (exact) mass is 440 g/mol. The smallest absolute Gasteiger partial charge is 0.191 e. The normalized spacial score (nSPS) is 21.3. The summed E-state index contributed by atoms with van der Waals surface area (Å²) in [6, 6.07) is 0. The zero-order chi connectivity index (χ0) is 16.3. The van der Waals surface area contributed by atoms with E-state index in [4.69, 9.17) is 9.73 Å². The van der Waals surface area contributed by atoms with Crippen molar-refractivity contribution in [3.8, 4) is 0 Å². The quantitative estimate of drug-likeness (QED) is 0.238. The molecule has 2 N–H and O–H groups in total. The predicted molar refractivity (Wildman–Crippen MR) is 110 cm³/mol. The number of unbranched alkanes of at least 4 members (excludes halogenated alkanes) is 1. The van der Waals surface area contributed by atoms with Gasteiger partial charge in [0.25, 0.3) is 0 Å². The molecule has 0 aromatic carbocycles. The molecule has 1 aliphatic rings. The summed E-state index contributed by atoms with van der Waals surface area (Å²) in [7, 11) is 0. The minimum atomic E-state index is -0.0644. The lowest BCUT2D eigenvalue weighted by molar-refractivity contribution is 0.0283. The van der Waals surface area contributed by atoms with Crippen molar-refractivity contribution in [3.05, 3.63) is 0 Å². The zero-order valence-corrected chi connectivity index (χ0v) is 17.8. The molecule has 0 spiro atoms. The van der Waals surface area contributed by atoms with Gasteiger partial charge >= 0.3 is 0 Å². The molecular formula is C17H37IN4O. The van der Waals surface area contributed by atoms with Crippen LogP contribution in [0.2, 0.25) is 0 Å². The lowest BCUT2D eigenvalue weighted by atomic mass is 10.0. The summed E-state index contributed by atoms with van der Waals surface area (Å²) < 4.78 is 5.79. The Bertz CT molecular complexity index is 316. The van der Waals surface area contributed by atoms with Gasteiger partial charge in [0.15, 0.2) is 5.96 Å². The van der Waals surface area contributed by atoms with Crippen molar-refractivity contribution in [1.82, 2.24) is 15.5 Å². The maximum Gasteiger partial charge on any atom is 0.191 e. The Labute approximate surface area is 160 Å². The highest BCUT2D eigenvalue weighted by Crippen LogP contribution is 2.24. The third-order valence-electron chi connectivity index (χ3n) is 4.30. The van der Waals surface area contributed by atoms with Crippen LogP contribution in [-0.2, 0) is 4.74 Å². The van der Waals surface area contributed by atoms with Crippen molar-refractivity contribution in [3.63, 3.8) is 0 Å². The fourth-order valence-corrected chi connectivity index (χ4v) is 2.76. The van der Waals surface area contributed by atoms with E-state index in [2.05, 4.69) is 43.2 Å². The Hall–Kier alpha value is -0.0800. The molecule has 1 saturated heterocycles. The number of aliphatic imine (C=N–C) groups is 1. The van der Waals surface area contributed by atoms with Gasteiger partial charge in [-0.3, -0.25) is 4.99 Å². The van der Waals surface area contributed by atoms with Crippen LogP contribution in [0.5, 0.6) is 0 Å². The molecule has 0 saturated carbocycles. The molecule has 5 nitrogen and oxygen atoms in total. The molecule has 23 heavy (non-hydrogen) atoms. The Morgan fingerprint density at radius 1 is 1.17 bits per heavy atom. The highest BCUT2D eigenvalue weighted by Gasteiger charge is 2.29. The van der Waals surface area contributed by atoms with Crippen LogP contribution in [0.1, 0.15) is 53.4 Å². The van der Waals surface area contributed by atoms with Crippen LogP contribution in [0.25, 0.3) is 0 Å². The SMILES string of the molecule is CCNC(=NCC1(C)CCCO1)NCCCCN(CC)CC.I. The molecule has 0 aliphatic carbocycles. The molecule has 1 unspecified atom stereocenters. The Morgan fingerprint density at radius 2 is 1.91 bits per heavy atom. The van der Waals surface area contributed by atoms with Crippen LogP contribution < -0.4 is 10.6 Å².